The quantitative estimate of drug-likeness (QED) is 0.549. The Morgan fingerprint density at radius 2 is 1.86 bits per heavy atom. The first-order valence-corrected chi connectivity index (χ1v) is 8.56. The van der Waals surface area contributed by atoms with Crippen molar-refractivity contribution < 1.29 is 14.4 Å². The number of hydrogen-bond donors (Lipinski definition) is 4. The van der Waals surface area contributed by atoms with Gasteiger partial charge in [0, 0.05) is 11.3 Å². The smallest absolute Gasteiger partial charge is 0.254 e. The van der Waals surface area contributed by atoms with Crippen LogP contribution in [0, 0.1) is 0 Å². The number of carbonyl (C=O) groups excluding carboxylic acids is 3. The van der Waals surface area contributed by atoms with Gasteiger partial charge in [-0.25, -0.2) is 4.98 Å². The average Bonchev–Trinajstić information content (AvgIpc) is 3.19. The maximum absolute atomic E-state index is 12.4. The van der Waals surface area contributed by atoms with Gasteiger partial charge in [-0.05, 0) is 36.4 Å². The third-order valence-corrected chi connectivity index (χ3v) is 4.30. The van der Waals surface area contributed by atoms with Gasteiger partial charge in [0.05, 0.1) is 17.7 Å². The van der Waals surface area contributed by atoms with Gasteiger partial charge in [-0.3, -0.25) is 19.5 Å². The van der Waals surface area contributed by atoms with Gasteiger partial charge in [0.25, 0.3) is 5.91 Å². The Labute approximate surface area is 159 Å². The number of H-pyrrole nitrogens is 1. The monoisotopic (exact) mass is 376 g/mol. The van der Waals surface area contributed by atoms with Crippen molar-refractivity contribution in [2.45, 2.75) is 12.5 Å². The largest absolute Gasteiger partial charge is 0.340 e. The second-order valence-electron chi connectivity index (χ2n) is 6.22. The number of aromatic nitrogens is 3. The molecule has 1 aliphatic rings. The number of nitrogens with zero attached hydrogens (tertiary/aromatic N) is 2. The van der Waals surface area contributed by atoms with E-state index in [9.17, 15) is 14.4 Å². The number of anilines is 2. The van der Waals surface area contributed by atoms with Gasteiger partial charge in [-0.15, -0.1) is 0 Å². The van der Waals surface area contributed by atoms with Crippen molar-refractivity contribution in [1.82, 2.24) is 20.5 Å². The summed E-state index contributed by atoms with van der Waals surface area (Å²) in [6.07, 6.45) is 1.23. The molecule has 0 fully saturated rings. The van der Waals surface area contributed by atoms with E-state index in [0.29, 0.717) is 22.8 Å². The van der Waals surface area contributed by atoms with Crippen LogP contribution in [-0.2, 0) is 9.59 Å². The van der Waals surface area contributed by atoms with Crippen LogP contribution in [0.2, 0.25) is 0 Å². The first-order valence-electron chi connectivity index (χ1n) is 8.56. The number of para-hydroxylation sites is 1. The van der Waals surface area contributed by atoms with Gasteiger partial charge < -0.3 is 16.0 Å². The maximum atomic E-state index is 12.4. The highest BCUT2D eigenvalue weighted by Crippen LogP contribution is 2.20. The lowest BCUT2D eigenvalue weighted by Crippen LogP contribution is -2.43. The van der Waals surface area contributed by atoms with E-state index in [1.807, 2.05) is 0 Å². The summed E-state index contributed by atoms with van der Waals surface area (Å²) >= 11 is 0. The number of nitrogens with one attached hydrogen (secondary N) is 4. The van der Waals surface area contributed by atoms with E-state index in [0.717, 1.165) is 5.56 Å². The van der Waals surface area contributed by atoms with Crippen molar-refractivity contribution in [1.29, 1.82) is 0 Å². The molecule has 1 aliphatic heterocycles. The molecular formula is C19H16N6O3. The summed E-state index contributed by atoms with van der Waals surface area (Å²) in [5, 5.41) is 14.5. The van der Waals surface area contributed by atoms with Crippen LogP contribution in [-0.4, -0.2) is 38.9 Å². The van der Waals surface area contributed by atoms with Gasteiger partial charge in [-0.1, -0.05) is 12.1 Å². The van der Waals surface area contributed by atoms with E-state index in [2.05, 4.69) is 31.1 Å². The molecule has 0 radical (unpaired) electrons. The third-order valence-electron chi connectivity index (χ3n) is 4.30. The molecule has 3 amide bonds. The van der Waals surface area contributed by atoms with E-state index in [-0.39, 0.29) is 12.3 Å². The molecule has 9 heteroatoms. The SMILES string of the molecule is O=C(CC1NC(=O)c2ccccc2NC1=O)Nc1ccc(-c2ncn[nH]2)cc1. The lowest BCUT2D eigenvalue weighted by Gasteiger charge is -2.14. The summed E-state index contributed by atoms with van der Waals surface area (Å²) in [4.78, 5) is 41.1. The molecule has 0 aliphatic carbocycles. The Bertz CT molecular complexity index is 1030. The predicted molar refractivity (Wildman–Crippen MR) is 101 cm³/mol. The Hall–Kier alpha value is -4.01. The molecule has 1 atom stereocenters. The summed E-state index contributed by atoms with van der Waals surface area (Å²) in [6, 6.07) is 12.7. The van der Waals surface area contributed by atoms with Crippen molar-refractivity contribution in [3.63, 3.8) is 0 Å². The first-order chi connectivity index (χ1) is 13.6. The van der Waals surface area contributed by atoms with E-state index < -0.39 is 17.9 Å². The fourth-order valence-corrected chi connectivity index (χ4v) is 2.91. The Morgan fingerprint density at radius 3 is 2.61 bits per heavy atom. The van der Waals surface area contributed by atoms with Gasteiger partial charge >= 0.3 is 0 Å². The summed E-state index contributed by atoms with van der Waals surface area (Å²) in [5.41, 5.74) is 2.18. The van der Waals surface area contributed by atoms with Crippen LogP contribution in [0.1, 0.15) is 16.8 Å². The molecular weight excluding hydrogens is 360 g/mol. The lowest BCUT2D eigenvalue weighted by molar-refractivity contribution is -0.122. The van der Waals surface area contributed by atoms with Crippen LogP contribution in [0.5, 0.6) is 0 Å². The average molecular weight is 376 g/mol. The van der Waals surface area contributed by atoms with E-state index in [1.54, 1.807) is 48.5 Å². The van der Waals surface area contributed by atoms with E-state index in [1.165, 1.54) is 6.33 Å². The molecule has 0 saturated heterocycles. The second-order valence-corrected chi connectivity index (χ2v) is 6.22. The minimum atomic E-state index is -0.964. The molecule has 2 aromatic carbocycles. The Morgan fingerprint density at radius 1 is 1.07 bits per heavy atom. The van der Waals surface area contributed by atoms with Crippen molar-refractivity contribution in [2.24, 2.45) is 0 Å². The number of hydrogen-bond acceptors (Lipinski definition) is 5. The molecule has 1 aromatic heterocycles. The van der Waals surface area contributed by atoms with E-state index >= 15 is 0 Å². The molecule has 0 spiro atoms. The van der Waals surface area contributed by atoms with Crippen LogP contribution < -0.4 is 16.0 Å². The normalized spacial score (nSPS) is 15.8. The molecule has 1 unspecified atom stereocenters. The summed E-state index contributed by atoms with van der Waals surface area (Å²) in [6.45, 7) is 0. The fraction of sp³-hybridized carbons (Fsp3) is 0.105. The fourth-order valence-electron chi connectivity index (χ4n) is 2.91. The molecule has 0 saturated carbocycles. The van der Waals surface area contributed by atoms with Crippen LogP contribution in [0.25, 0.3) is 11.4 Å². The number of rotatable bonds is 4. The molecule has 3 aromatic rings. The Balaban J connectivity index is 1.41. The first kappa shape index (κ1) is 17.4. The van der Waals surface area contributed by atoms with Crippen LogP contribution >= 0.6 is 0 Å². The molecule has 4 rings (SSSR count). The molecule has 9 nitrogen and oxygen atoms in total. The van der Waals surface area contributed by atoms with Crippen molar-refractivity contribution in [2.75, 3.05) is 10.6 Å². The highest BCUT2D eigenvalue weighted by Gasteiger charge is 2.29. The Kier molecular flexibility index (Phi) is 4.55. The predicted octanol–water partition coefficient (Wildman–Crippen LogP) is 1.55. The summed E-state index contributed by atoms with van der Waals surface area (Å²) in [5.74, 6) is -0.605. The van der Waals surface area contributed by atoms with Crippen molar-refractivity contribution in [3.05, 3.63) is 60.4 Å². The van der Waals surface area contributed by atoms with Gasteiger partial charge in [0.1, 0.15) is 12.4 Å². The van der Waals surface area contributed by atoms with Crippen LogP contribution in [0.4, 0.5) is 11.4 Å². The minimum Gasteiger partial charge on any atom is -0.340 e. The highest BCUT2D eigenvalue weighted by molar-refractivity contribution is 6.11. The lowest BCUT2D eigenvalue weighted by atomic mass is 10.1. The van der Waals surface area contributed by atoms with Gasteiger partial charge in [0.2, 0.25) is 11.8 Å². The van der Waals surface area contributed by atoms with Crippen molar-refractivity contribution >= 4 is 29.1 Å². The maximum Gasteiger partial charge on any atom is 0.254 e. The molecule has 0 bridgehead atoms. The zero-order valence-electron chi connectivity index (χ0n) is 14.6. The number of benzene rings is 2. The van der Waals surface area contributed by atoms with Crippen molar-refractivity contribution in [3.8, 4) is 11.4 Å². The standard InChI is InChI=1S/C19H16N6O3/c26-16(22-12-7-5-11(6-8-12)17-20-10-21-25-17)9-15-19(28)23-14-4-2-1-3-13(14)18(27)24-15/h1-8,10,15H,9H2,(H,22,26)(H,23,28)(H,24,27)(H,20,21,25). The highest BCUT2D eigenvalue weighted by atomic mass is 16.2. The molecule has 28 heavy (non-hydrogen) atoms. The van der Waals surface area contributed by atoms with Crippen LogP contribution in [0.3, 0.4) is 0 Å². The molecule has 4 N–H and O–H groups in total. The van der Waals surface area contributed by atoms with E-state index in [4.69, 9.17) is 0 Å². The molecule has 140 valence electrons. The van der Waals surface area contributed by atoms with Gasteiger partial charge in [-0.2, -0.15) is 5.10 Å². The third kappa shape index (κ3) is 3.58. The zero-order chi connectivity index (χ0) is 19.5. The number of fused-ring (bicyclic) bond motifs is 1. The summed E-state index contributed by atoms with van der Waals surface area (Å²) < 4.78 is 0. The second kappa shape index (κ2) is 7.31. The number of carbonyl (C=O) groups is 3. The molecule has 2 heterocycles. The topological polar surface area (TPSA) is 129 Å². The zero-order valence-corrected chi connectivity index (χ0v) is 14.6. The van der Waals surface area contributed by atoms with Gasteiger partial charge in [0.15, 0.2) is 5.82 Å². The minimum absolute atomic E-state index is 0.185. The number of aromatic amines is 1. The summed E-state index contributed by atoms with van der Waals surface area (Å²) in [7, 11) is 0. The number of amides is 3. The van der Waals surface area contributed by atoms with Crippen LogP contribution in [0.15, 0.2) is 54.9 Å².